The topological polar surface area (TPSA) is 86.1 Å². The van der Waals surface area contributed by atoms with Gasteiger partial charge in [0.05, 0.1) is 12.3 Å². The van der Waals surface area contributed by atoms with Crippen molar-refractivity contribution in [2.45, 2.75) is 33.7 Å². The molecule has 0 aliphatic carbocycles. The molecule has 1 amide bonds. The fourth-order valence-corrected chi connectivity index (χ4v) is 1.62. The minimum atomic E-state index is -0.499. The second kappa shape index (κ2) is 6.86. The molecule has 0 unspecified atom stereocenters. The molecule has 0 bridgehead atoms. The summed E-state index contributed by atoms with van der Waals surface area (Å²) in [5.74, 6) is -0.373. The van der Waals surface area contributed by atoms with Crippen LogP contribution in [0.15, 0.2) is 0 Å². The normalized spacial score (nSPS) is 10.6. The van der Waals surface area contributed by atoms with Gasteiger partial charge in [0.15, 0.2) is 5.69 Å². The smallest absolute Gasteiger partial charge is 0.360 e. The minimum absolute atomic E-state index is 0.0466. The molecule has 7 heteroatoms. The van der Waals surface area contributed by atoms with Crippen molar-refractivity contribution >= 4 is 11.9 Å². The summed E-state index contributed by atoms with van der Waals surface area (Å²) < 4.78 is 6.39. The zero-order valence-corrected chi connectivity index (χ0v) is 11.8. The lowest BCUT2D eigenvalue weighted by molar-refractivity contribution is -0.121. The van der Waals surface area contributed by atoms with Gasteiger partial charge in [-0.3, -0.25) is 4.79 Å². The molecule has 0 aliphatic rings. The quantitative estimate of drug-likeness (QED) is 0.755. The summed E-state index contributed by atoms with van der Waals surface area (Å²) >= 11 is 0. The average molecular weight is 268 g/mol. The molecule has 0 atom stereocenters. The van der Waals surface area contributed by atoms with Crippen LogP contribution >= 0.6 is 0 Å². The zero-order valence-electron chi connectivity index (χ0n) is 11.8. The first kappa shape index (κ1) is 15.1. The Morgan fingerprint density at radius 3 is 2.63 bits per heavy atom. The minimum Gasteiger partial charge on any atom is -0.461 e. The predicted molar refractivity (Wildman–Crippen MR) is 68.6 cm³/mol. The lowest BCUT2D eigenvalue weighted by Crippen LogP contribution is -2.25. The Labute approximate surface area is 112 Å². The molecule has 1 aromatic rings. The number of carbonyl (C=O) groups is 2. The Balaban J connectivity index is 3.04. The van der Waals surface area contributed by atoms with Crippen molar-refractivity contribution in [2.75, 3.05) is 13.7 Å². The van der Waals surface area contributed by atoms with Gasteiger partial charge in [-0.05, 0) is 19.3 Å². The number of nitrogens with one attached hydrogen (secondary N) is 1. The van der Waals surface area contributed by atoms with Crippen molar-refractivity contribution in [1.82, 2.24) is 20.3 Å². The molecule has 0 aromatic carbocycles. The summed E-state index contributed by atoms with van der Waals surface area (Å²) in [4.78, 5) is 23.2. The molecule has 0 radical (unpaired) electrons. The molecule has 0 aliphatic heterocycles. The van der Waals surface area contributed by atoms with Crippen molar-refractivity contribution in [3.05, 3.63) is 11.4 Å². The first-order valence-corrected chi connectivity index (χ1v) is 6.29. The standard InChI is InChI=1S/C12H20N4O3/c1-5-19-12(18)11-9(6-8(2)3)16(15-14-11)7-10(17)13-4/h8H,5-7H2,1-4H3,(H,13,17). The maximum Gasteiger partial charge on any atom is 0.360 e. The Bertz CT molecular complexity index is 454. The number of likely N-dealkylation sites (N-methyl/N-ethyl adjacent to an activating group) is 1. The van der Waals surface area contributed by atoms with Crippen LogP contribution in [0.5, 0.6) is 0 Å². The van der Waals surface area contributed by atoms with Crippen LogP contribution in [0.3, 0.4) is 0 Å². The summed E-state index contributed by atoms with van der Waals surface area (Å²) in [6, 6.07) is 0. The van der Waals surface area contributed by atoms with E-state index in [2.05, 4.69) is 15.6 Å². The number of esters is 1. The van der Waals surface area contributed by atoms with E-state index in [1.165, 1.54) is 4.68 Å². The van der Waals surface area contributed by atoms with Crippen molar-refractivity contribution in [3.63, 3.8) is 0 Å². The number of carbonyl (C=O) groups excluding carboxylic acids is 2. The van der Waals surface area contributed by atoms with Crippen molar-refractivity contribution < 1.29 is 14.3 Å². The highest BCUT2D eigenvalue weighted by Crippen LogP contribution is 2.13. The highest BCUT2D eigenvalue weighted by molar-refractivity contribution is 5.88. The van der Waals surface area contributed by atoms with Gasteiger partial charge in [-0.1, -0.05) is 19.1 Å². The summed E-state index contributed by atoms with van der Waals surface area (Å²) in [5.41, 5.74) is 0.830. The Morgan fingerprint density at radius 2 is 2.11 bits per heavy atom. The first-order valence-electron chi connectivity index (χ1n) is 6.29. The molecule has 1 heterocycles. The molecule has 0 saturated heterocycles. The van der Waals surface area contributed by atoms with Gasteiger partial charge in [-0.15, -0.1) is 5.10 Å². The van der Waals surface area contributed by atoms with Gasteiger partial charge in [-0.2, -0.15) is 0 Å². The van der Waals surface area contributed by atoms with Crippen LogP contribution in [0.1, 0.15) is 37.0 Å². The molecule has 1 rings (SSSR count). The molecule has 0 fully saturated rings. The molecule has 19 heavy (non-hydrogen) atoms. The molecule has 7 nitrogen and oxygen atoms in total. The maximum atomic E-state index is 11.8. The predicted octanol–water partition coefficient (Wildman–Crippen LogP) is 0.399. The van der Waals surface area contributed by atoms with Crippen molar-refractivity contribution in [1.29, 1.82) is 0 Å². The molecule has 106 valence electrons. The molecular weight excluding hydrogens is 248 g/mol. The average Bonchev–Trinajstić information content (AvgIpc) is 2.72. The van der Waals surface area contributed by atoms with Crippen LogP contribution in [0.2, 0.25) is 0 Å². The van der Waals surface area contributed by atoms with Gasteiger partial charge in [0.25, 0.3) is 0 Å². The van der Waals surface area contributed by atoms with E-state index in [9.17, 15) is 9.59 Å². The number of nitrogens with zero attached hydrogens (tertiary/aromatic N) is 3. The third-order valence-electron chi connectivity index (χ3n) is 2.48. The summed E-state index contributed by atoms with van der Waals surface area (Å²) in [7, 11) is 1.55. The Kier molecular flexibility index (Phi) is 5.47. The van der Waals surface area contributed by atoms with Gasteiger partial charge in [0.1, 0.15) is 6.54 Å². The highest BCUT2D eigenvalue weighted by Gasteiger charge is 2.22. The van der Waals surface area contributed by atoms with Gasteiger partial charge < -0.3 is 10.1 Å². The van der Waals surface area contributed by atoms with Gasteiger partial charge in [-0.25, -0.2) is 9.48 Å². The zero-order chi connectivity index (χ0) is 14.4. The van der Waals surface area contributed by atoms with E-state index in [0.717, 1.165) is 0 Å². The van der Waals surface area contributed by atoms with E-state index >= 15 is 0 Å². The summed E-state index contributed by atoms with van der Waals surface area (Å²) in [5, 5.41) is 10.2. The number of hydrogen-bond donors (Lipinski definition) is 1. The van der Waals surface area contributed by atoms with Crippen LogP contribution in [0, 0.1) is 5.92 Å². The molecule has 0 saturated carbocycles. The van der Waals surface area contributed by atoms with Crippen LogP contribution in [0.25, 0.3) is 0 Å². The molecule has 1 N–H and O–H groups in total. The Morgan fingerprint density at radius 1 is 1.42 bits per heavy atom. The maximum absolute atomic E-state index is 11.8. The largest absolute Gasteiger partial charge is 0.461 e. The third-order valence-corrected chi connectivity index (χ3v) is 2.48. The Hall–Kier alpha value is -1.92. The van der Waals surface area contributed by atoms with Crippen LogP contribution in [0.4, 0.5) is 0 Å². The lowest BCUT2D eigenvalue weighted by Gasteiger charge is -2.09. The third kappa shape index (κ3) is 4.04. The van der Waals surface area contributed by atoms with E-state index < -0.39 is 5.97 Å². The fraction of sp³-hybridized carbons (Fsp3) is 0.667. The second-order valence-electron chi connectivity index (χ2n) is 4.53. The van der Waals surface area contributed by atoms with Crippen molar-refractivity contribution in [2.24, 2.45) is 5.92 Å². The summed E-state index contributed by atoms with van der Waals surface area (Å²) in [6.07, 6.45) is 0.609. The summed E-state index contributed by atoms with van der Waals surface area (Å²) in [6.45, 7) is 6.10. The highest BCUT2D eigenvalue weighted by atomic mass is 16.5. The van der Waals surface area contributed by atoms with Gasteiger partial charge in [0, 0.05) is 7.05 Å². The van der Waals surface area contributed by atoms with E-state index in [1.807, 2.05) is 13.8 Å². The number of amides is 1. The number of aromatic nitrogens is 3. The molecule has 0 spiro atoms. The van der Waals surface area contributed by atoms with E-state index in [0.29, 0.717) is 18.0 Å². The SMILES string of the molecule is CCOC(=O)c1nnn(CC(=O)NC)c1CC(C)C. The number of ether oxygens (including phenoxy) is 1. The van der Waals surface area contributed by atoms with Crippen LogP contribution < -0.4 is 5.32 Å². The van der Waals surface area contributed by atoms with Gasteiger partial charge >= 0.3 is 5.97 Å². The van der Waals surface area contributed by atoms with E-state index in [-0.39, 0.29) is 24.8 Å². The van der Waals surface area contributed by atoms with Crippen molar-refractivity contribution in [3.8, 4) is 0 Å². The van der Waals surface area contributed by atoms with Gasteiger partial charge in [0.2, 0.25) is 5.91 Å². The van der Waals surface area contributed by atoms with E-state index in [4.69, 9.17) is 4.74 Å². The molecular formula is C12H20N4O3. The monoisotopic (exact) mass is 268 g/mol. The van der Waals surface area contributed by atoms with Crippen LogP contribution in [-0.4, -0.2) is 40.5 Å². The number of hydrogen-bond acceptors (Lipinski definition) is 5. The van der Waals surface area contributed by atoms with Crippen LogP contribution in [-0.2, 0) is 22.5 Å². The van der Waals surface area contributed by atoms with E-state index in [1.54, 1.807) is 14.0 Å². The number of rotatable bonds is 6. The molecule has 1 aromatic heterocycles. The lowest BCUT2D eigenvalue weighted by atomic mass is 10.1. The first-order chi connectivity index (χ1) is 8.99. The fourth-order valence-electron chi connectivity index (χ4n) is 1.62. The second-order valence-corrected chi connectivity index (χ2v) is 4.53.